The minimum Gasteiger partial charge on any atom is -0.361 e. The first kappa shape index (κ1) is 18.2. The number of nitrogens with one attached hydrogen (secondary N) is 1. The van der Waals surface area contributed by atoms with Crippen LogP contribution in [0.4, 0.5) is 0 Å². The average Bonchev–Trinajstić information content (AvgIpc) is 3.20. The van der Waals surface area contributed by atoms with E-state index in [4.69, 9.17) is 0 Å². The Morgan fingerprint density at radius 3 is 2.71 bits per heavy atom. The Labute approximate surface area is 164 Å². The maximum Gasteiger partial charge on any atom is 0.253 e. The van der Waals surface area contributed by atoms with E-state index < -0.39 is 0 Å². The summed E-state index contributed by atoms with van der Waals surface area (Å²) in [7, 11) is 0. The number of carbonyl (C=O) groups is 2. The summed E-state index contributed by atoms with van der Waals surface area (Å²) < 4.78 is 0. The van der Waals surface area contributed by atoms with Crippen molar-refractivity contribution in [1.82, 2.24) is 19.8 Å². The van der Waals surface area contributed by atoms with Crippen LogP contribution in [-0.4, -0.2) is 50.7 Å². The highest BCUT2D eigenvalue weighted by Gasteiger charge is 2.29. The highest BCUT2D eigenvalue weighted by atomic mass is 16.2. The molecule has 1 aliphatic heterocycles. The van der Waals surface area contributed by atoms with Crippen molar-refractivity contribution in [3.05, 3.63) is 66.1 Å². The van der Waals surface area contributed by atoms with Gasteiger partial charge in [0.1, 0.15) is 0 Å². The number of H-pyrrole nitrogens is 1. The summed E-state index contributed by atoms with van der Waals surface area (Å²) >= 11 is 0. The monoisotopic (exact) mass is 376 g/mol. The van der Waals surface area contributed by atoms with Gasteiger partial charge in [-0.1, -0.05) is 6.07 Å². The summed E-state index contributed by atoms with van der Waals surface area (Å²) in [6.07, 6.45) is 5.19. The lowest BCUT2D eigenvalue weighted by atomic mass is 10.0. The molecule has 0 atom stereocenters. The molecule has 1 aromatic carbocycles. The fourth-order valence-corrected chi connectivity index (χ4v) is 3.91. The number of benzene rings is 1. The van der Waals surface area contributed by atoms with Crippen LogP contribution in [0, 0.1) is 0 Å². The highest BCUT2D eigenvalue weighted by molar-refractivity contribution is 5.98. The van der Waals surface area contributed by atoms with Gasteiger partial charge in [-0.25, -0.2) is 0 Å². The molecule has 0 aliphatic carbocycles. The zero-order chi connectivity index (χ0) is 19.5. The fraction of sp³-hybridized carbons (Fsp3) is 0.318. The Morgan fingerprint density at radius 2 is 2.00 bits per heavy atom. The lowest BCUT2D eigenvalue weighted by molar-refractivity contribution is -0.132. The number of piperidine rings is 1. The molecule has 144 valence electrons. The number of nitrogens with zero attached hydrogens (tertiary/aromatic N) is 3. The molecule has 0 spiro atoms. The van der Waals surface area contributed by atoms with E-state index in [-0.39, 0.29) is 17.9 Å². The van der Waals surface area contributed by atoms with Crippen molar-refractivity contribution in [3.63, 3.8) is 0 Å². The molecule has 0 radical (unpaired) electrons. The van der Waals surface area contributed by atoms with Gasteiger partial charge >= 0.3 is 0 Å². The zero-order valence-corrected chi connectivity index (χ0v) is 16.0. The van der Waals surface area contributed by atoms with Gasteiger partial charge in [-0.2, -0.15) is 0 Å². The summed E-state index contributed by atoms with van der Waals surface area (Å²) in [5.74, 6) is 0.106. The third kappa shape index (κ3) is 3.76. The number of aromatic nitrogens is 2. The van der Waals surface area contributed by atoms with E-state index in [1.54, 1.807) is 13.1 Å². The number of carbonyl (C=O) groups excluding carboxylic acids is 2. The quantitative estimate of drug-likeness (QED) is 0.760. The van der Waals surface area contributed by atoms with Crippen LogP contribution in [-0.2, 0) is 11.3 Å². The minimum absolute atomic E-state index is 0.0494. The van der Waals surface area contributed by atoms with Crippen LogP contribution in [0.25, 0.3) is 10.9 Å². The highest BCUT2D eigenvalue weighted by Crippen LogP contribution is 2.22. The number of amides is 2. The molecule has 3 heterocycles. The number of likely N-dealkylation sites (tertiary alicyclic amines) is 1. The Bertz CT molecular complexity index is 974. The lowest BCUT2D eigenvalue weighted by Gasteiger charge is -2.38. The Kier molecular flexibility index (Phi) is 5.10. The number of aromatic amines is 1. The van der Waals surface area contributed by atoms with Gasteiger partial charge in [0.15, 0.2) is 0 Å². The van der Waals surface area contributed by atoms with Crippen LogP contribution in [0.3, 0.4) is 0 Å². The first-order chi connectivity index (χ1) is 13.6. The van der Waals surface area contributed by atoms with E-state index >= 15 is 0 Å². The van der Waals surface area contributed by atoms with Crippen LogP contribution in [0.2, 0.25) is 0 Å². The number of hydrogen-bond donors (Lipinski definition) is 1. The first-order valence-electron chi connectivity index (χ1n) is 9.65. The molecule has 1 N–H and O–H groups in total. The minimum atomic E-state index is 0.0494. The third-order valence-electron chi connectivity index (χ3n) is 5.46. The van der Waals surface area contributed by atoms with Crippen molar-refractivity contribution in [2.45, 2.75) is 32.4 Å². The predicted octanol–water partition coefficient (Wildman–Crippen LogP) is 3.22. The van der Waals surface area contributed by atoms with Crippen LogP contribution >= 0.6 is 0 Å². The van der Waals surface area contributed by atoms with E-state index in [0.29, 0.717) is 25.2 Å². The number of fused-ring (bicyclic) bond motifs is 1. The first-order valence-corrected chi connectivity index (χ1v) is 9.65. The molecule has 28 heavy (non-hydrogen) atoms. The molecule has 2 aromatic heterocycles. The van der Waals surface area contributed by atoms with Gasteiger partial charge in [-0.3, -0.25) is 14.6 Å². The summed E-state index contributed by atoms with van der Waals surface area (Å²) in [5, 5.41) is 1.04. The molecule has 6 nitrogen and oxygen atoms in total. The van der Waals surface area contributed by atoms with Gasteiger partial charge in [0.05, 0.1) is 12.2 Å². The van der Waals surface area contributed by atoms with E-state index in [1.165, 1.54) is 0 Å². The van der Waals surface area contributed by atoms with Crippen LogP contribution in [0.5, 0.6) is 0 Å². The molecule has 2 amide bonds. The second-order valence-corrected chi connectivity index (χ2v) is 7.27. The molecule has 1 saturated heterocycles. The maximum atomic E-state index is 12.9. The van der Waals surface area contributed by atoms with Gasteiger partial charge in [-0.15, -0.1) is 0 Å². The third-order valence-corrected chi connectivity index (χ3v) is 5.46. The molecular weight excluding hydrogens is 352 g/mol. The Morgan fingerprint density at radius 1 is 1.18 bits per heavy atom. The second kappa shape index (κ2) is 7.84. The molecule has 4 rings (SSSR count). The van der Waals surface area contributed by atoms with Crippen LogP contribution in [0.1, 0.15) is 35.8 Å². The molecule has 0 unspecified atom stereocenters. The average molecular weight is 376 g/mol. The van der Waals surface area contributed by atoms with Crippen molar-refractivity contribution in [3.8, 4) is 0 Å². The van der Waals surface area contributed by atoms with E-state index in [0.717, 1.165) is 29.4 Å². The zero-order valence-electron chi connectivity index (χ0n) is 16.0. The smallest absolute Gasteiger partial charge is 0.253 e. The normalized spacial score (nSPS) is 15.0. The lowest BCUT2D eigenvalue weighted by Crippen LogP contribution is -2.48. The standard InChI is InChI=1S/C22H24N4O2/c1-16(27)26(15-19-4-2-3-10-23-19)20-8-12-25(13-9-20)22(28)18-5-6-21-17(14-18)7-11-24-21/h2-7,10-11,14,20,24H,8-9,12-13,15H2,1H3. The van der Waals surface area contributed by atoms with E-state index in [1.807, 2.05) is 58.5 Å². The molecule has 1 fully saturated rings. The maximum absolute atomic E-state index is 12.9. The predicted molar refractivity (Wildman–Crippen MR) is 108 cm³/mol. The summed E-state index contributed by atoms with van der Waals surface area (Å²) in [6.45, 7) is 3.42. The molecule has 0 saturated carbocycles. The van der Waals surface area contributed by atoms with Gasteiger partial charge in [-0.05, 0) is 49.2 Å². The molecule has 1 aliphatic rings. The Balaban J connectivity index is 1.41. The van der Waals surface area contributed by atoms with Crippen molar-refractivity contribution < 1.29 is 9.59 Å². The van der Waals surface area contributed by atoms with Crippen molar-refractivity contribution in [2.24, 2.45) is 0 Å². The fourth-order valence-electron chi connectivity index (χ4n) is 3.91. The van der Waals surface area contributed by atoms with Gasteiger partial charge in [0.25, 0.3) is 5.91 Å². The summed E-state index contributed by atoms with van der Waals surface area (Å²) in [6, 6.07) is 13.6. The number of rotatable bonds is 4. The van der Waals surface area contributed by atoms with Crippen LogP contribution in [0.15, 0.2) is 54.9 Å². The largest absolute Gasteiger partial charge is 0.361 e. The summed E-state index contributed by atoms with van der Waals surface area (Å²) in [5.41, 5.74) is 2.63. The molecular formula is C22H24N4O2. The molecule has 6 heteroatoms. The Hall–Kier alpha value is -3.15. The molecule has 0 bridgehead atoms. The number of pyridine rings is 1. The van der Waals surface area contributed by atoms with E-state index in [9.17, 15) is 9.59 Å². The summed E-state index contributed by atoms with van der Waals surface area (Å²) in [4.78, 5) is 36.4. The topological polar surface area (TPSA) is 69.3 Å². The van der Waals surface area contributed by atoms with Crippen LogP contribution < -0.4 is 0 Å². The van der Waals surface area contributed by atoms with Gasteiger partial charge < -0.3 is 14.8 Å². The van der Waals surface area contributed by atoms with Crippen molar-refractivity contribution in [1.29, 1.82) is 0 Å². The van der Waals surface area contributed by atoms with Gasteiger partial charge in [0, 0.05) is 54.9 Å². The van der Waals surface area contributed by atoms with Crippen molar-refractivity contribution >= 4 is 22.7 Å². The second-order valence-electron chi connectivity index (χ2n) is 7.27. The van der Waals surface area contributed by atoms with E-state index in [2.05, 4.69) is 9.97 Å². The van der Waals surface area contributed by atoms with Crippen molar-refractivity contribution in [2.75, 3.05) is 13.1 Å². The van der Waals surface area contributed by atoms with Gasteiger partial charge in [0.2, 0.25) is 5.91 Å². The molecule has 3 aromatic rings. The SMILES string of the molecule is CC(=O)N(Cc1ccccn1)C1CCN(C(=O)c2ccc3[nH]ccc3c2)CC1. The number of hydrogen-bond acceptors (Lipinski definition) is 3.